The van der Waals surface area contributed by atoms with Crippen LogP contribution in [0, 0.1) is 0 Å². The van der Waals surface area contributed by atoms with E-state index in [0.29, 0.717) is 17.3 Å². The van der Waals surface area contributed by atoms with Gasteiger partial charge in [0.1, 0.15) is 11.9 Å². The molecular formula is C16H21ClIN3OS. The number of benzene rings is 1. The number of halogens is 2. The molecule has 2 rings (SSSR count). The van der Waals surface area contributed by atoms with Crippen molar-refractivity contribution >= 4 is 52.9 Å². The average Bonchev–Trinajstić information content (AvgIpc) is 3.03. The summed E-state index contributed by atoms with van der Waals surface area (Å²) in [7, 11) is 1.75. The second kappa shape index (κ2) is 10.7. The molecule has 0 aliphatic carbocycles. The van der Waals surface area contributed by atoms with E-state index in [9.17, 15) is 0 Å². The summed E-state index contributed by atoms with van der Waals surface area (Å²) in [6.07, 6.45) is -0.0276. The summed E-state index contributed by atoms with van der Waals surface area (Å²) in [6, 6.07) is 11.6. The fourth-order valence-corrected chi connectivity index (χ4v) is 2.67. The lowest BCUT2D eigenvalue weighted by molar-refractivity contribution is 0.224. The van der Waals surface area contributed by atoms with Crippen LogP contribution in [0.4, 0.5) is 0 Å². The van der Waals surface area contributed by atoms with E-state index in [1.807, 2.05) is 37.3 Å². The molecule has 0 spiro atoms. The highest BCUT2D eigenvalue weighted by atomic mass is 127. The Bertz CT molecular complexity index is 607. The second-order valence-electron chi connectivity index (χ2n) is 4.74. The molecule has 1 aromatic carbocycles. The van der Waals surface area contributed by atoms with Crippen LogP contribution in [-0.2, 0) is 6.54 Å². The van der Waals surface area contributed by atoms with Gasteiger partial charge in [-0.25, -0.2) is 0 Å². The monoisotopic (exact) mass is 465 g/mol. The minimum atomic E-state index is -0.0276. The van der Waals surface area contributed by atoms with Gasteiger partial charge < -0.3 is 15.4 Å². The van der Waals surface area contributed by atoms with Crippen LogP contribution < -0.4 is 15.4 Å². The first-order valence-electron chi connectivity index (χ1n) is 7.07. The molecule has 0 saturated carbocycles. The summed E-state index contributed by atoms with van der Waals surface area (Å²) in [6.45, 7) is 3.38. The number of para-hydroxylation sites is 1. The normalized spacial score (nSPS) is 12.2. The first-order valence-corrected chi connectivity index (χ1v) is 8.33. The molecule has 1 atom stereocenters. The quantitative estimate of drug-likeness (QED) is 0.383. The molecule has 0 bridgehead atoms. The molecule has 1 aromatic heterocycles. The summed E-state index contributed by atoms with van der Waals surface area (Å²) < 4.78 is 5.82. The molecule has 1 unspecified atom stereocenters. The molecule has 1 heterocycles. The zero-order chi connectivity index (χ0) is 15.8. The number of ether oxygens (including phenoxy) is 1. The first kappa shape index (κ1) is 20.1. The van der Waals surface area contributed by atoms with Crippen LogP contribution in [0.25, 0.3) is 0 Å². The Hall–Kier alpha value is -0.990. The number of guanidine groups is 1. The summed E-state index contributed by atoms with van der Waals surface area (Å²) >= 11 is 7.80. The van der Waals surface area contributed by atoms with Crippen molar-refractivity contribution in [2.45, 2.75) is 19.6 Å². The molecule has 2 N–H and O–H groups in total. The van der Waals surface area contributed by atoms with Gasteiger partial charge in [0.05, 0.1) is 18.1 Å². The van der Waals surface area contributed by atoms with Crippen LogP contribution in [-0.4, -0.2) is 25.7 Å². The molecule has 0 amide bonds. The molecule has 7 heteroatoms. The second-order valence-corrected chi connectivity index (χ2v) is 6.18. The number of rotatable bonds is 6. The van der Waals surface area contributed by atoms with Crippen molar-refractivity contribution in [3.8, 4) is 5.75 Å². The van der Waals surface area contributed by atoms with E-state index in [0.717, 1.165) is 12.5 Å². The van der Waals surface area contributed by atoms with Gasteiger partial charge in [0.15, 0.2) is 5.96 Å². The van der Waals surface area contributed by atoms with E-state index in [1.165, 1.54) is 4.88 Å². The standard InChI is InChI=1S/C16H20ClN3OS.HI/c1-12(21-15-8-4-3-7-14(15)17)10-19-16(18-2)20-11-13-6-5-9-22-13;/h3-9,12H,10-11H2,1-2H3,(H2,18,19,20);1H. The molecule has 0 radical (unpaired) electrons. The minimum absolute atomic E-state index is 0. The predicted octanol–water partition coefficient (Wildman–Crippen LogP) is 4.15. The predicted molar refractivity (Wildman–Crippen MR) is 109 cm³/mol. The van der Waals surface area contributed by atoms with Gasteiger partial charge in [0.25, 0.3) is 0 Å². The van der Waals surface area contributed by atoms with Gasteiger partial charge in [-0.2, -0.15) is 0 Å². The molecule has 0 aliphatic rings. The lowest BCUT2D eigenvalue weighted by atomic mass is 10.3. The van der Waals surface area contributed by atoms with Crippen molar-refractivity contribution in [1.82, 2.24) is 10.6 Å². The lowest BCUT2D eigenvalue weighted by Gasteiger charge is -2.18. The van der Waals surface area contributed by atoms with Crippen molar-refractivity contribution < 1.29 is 4.74 Å². The van der Waals surface area contributed by atoms with Gasteiger partial charge in [0.2, 0.25) is 0 Å². The van der Waals surface area contributed by atoms with Gasteiger partial charge in [-0.3, -0.25) is 4.99 Å². The van der Waals surface area contributed by atoms with Crippen LogP contribution in [0.1, 0.15) is 11.8 Å². The molecule has 4 nitrogen and oxygen atoms in total. The van der Waals surface area contributed by atoms with Crippen molar-refractivity contribution in [2.75, 3.05) is 13.6 Å². The van der Waals surface area contributed by atoms with Crippen molar-refractivity contribution in [3.63, 3.8) is 0 Å². The van der Waals surface area contributed by atoms with E-state index in [-0.39, 0.29) is 30.1 Å². The Morgan fingerprint density at radius 3 is 2.70 bits per heavy atom. The van der Waals surface area contributed by atoms with Crippen molar-refractivity contribution in [3.05, 3.63) is 51.7 Å². The molecule has 0 saturated heterocycles. The molecule has 2 aromatic rings. The Kier molecular flexibility index (Phi) is 9.35. The molecule has 0 fully saturated rings. The van der Waals surface area contributed by atoms with Crippen molar-refractivity contribution in [1.29, 1.82) is 0 Å². The minimum Gasteiger partial charge on any atom is -0.487 e. The molecule has 126 valence electrons. The maximum absolute atomic E-state index is 6.08. The topological polar surface area (TPSA) is 45.7 Å². The summed E-state index contributed by atoms with van der Waals surface area (Å²) in [4.78, 5) is 5.47. The fraction of sp³-hybridized carbons (Fsp3) is 0.312. The van der Waals surface area contributed by atoms with Crippen LogP contribution in [0.15, 0.2) is 46.8 Å². The number of hydrogen-bond donors (Lipinski definition) is 2. The Labute approximate surface area is 163 Å². The van der Waals surface area contributed by atoms with Crippen molar-refractivity contribution in [2.24, 2.45) is 4.99 Å². The van der Waals surface area contributed by atoms with E-state index in [1.54, 1.807) is 18.4 Å². The fourth-order valence-electron chi connectivity index (χ4n) is 1.84. The van der Waals surface area contributed by atoms with Gasteiger partial charge in [-0.1, -0.05) is 29.8 Å². The van der Waals surface area contributed by atoms with Crippen LogP contribution >= 0.6 is 46.9 Å². The summed E-state index contributed by atoms with van der Waals surface area (Å²) in [5, 5.41) is 9.20. The van der Waals surface area contributed by atoms with Crippen LogP contribution in [0.2, 0.25) is 5.02 Å². The highest BCUT2D eigenvalue weighted by molar-refractivity contribution is 14.0. The van der Waals surface area contributed by atoms with Crippen LogP contribution in [0.5, 0.6) is 5.75 Å². The maximum atomic E-state index is 6.08. The third-order valence-electron chi connectivity index (χ3n) is 2.96. The van der Waals surface area contributed by atoms with E-state index < -0.39 is 0 Å². The molecule has 0 aliphatic heterocycles. The van der Waals surface area contributed by atoms with Gasteiger partial charge in [-0.05, 0) is 30.5 Å². The Morgan fingerprint density at radius 2 is 2.04 bits per heavy atom. The highest BCUT2D eigenvalue weighted by Gasteiger charge is 2.08. The van der Waals surface area contributed by atoms with Crippen LogP contribution in [0.3, 0.4) is 0 Å². The first-order chi connectivity index (χ1) is 10.7. The number of hydrogen-bond acceptors (Lipinski definition) is 3. The smallest absolute Gasteiger partial charge is 0.191 e. The summed E-state index contributed by atoms with van der Waals surface area (Å²) in [5.41, 5.74) is 0. The number of nitrogens with zero attached hydrogens (tertiary/aromatic N) is 1. The Morgan fingerprint density at radius 1 is 1.26 bits per heavy atom. The largest absolute Gasteiger partial charge is 0.487 e. The lowest BCUT2D eigenvalue weighted by Crippen LogP contribution is -2.41. The highest BCUT2D eigenvalue weighted by Crippen LogP contribution is 2.23. The third-order valence-corrected chi connectivity index (χ3v) is 4.14. The van der Waals surface area contributed by atoms with Gasteiger partial charge in [-0.15, -0.1) is 35.3 Å². The summed E-state index contributed by atoms with van der Waals surface area (Å²) in [5.74, 6) is 1.45. The van der Waals surface area contributed by atoms with E-state index in [4.69, 9.17) is 16.3 Å². The van der Waals surface area contributed by atoms with Gasteiger partial charge >= 0.3 is 0 Å². The molecule has 23 heavy (non-hydrogen) atoms. The average molecular weight is 466 g/mol. The Balaban J connectivity index is 0.00000264. The zero-order valence-electron chi connectivity index (χ0n) is 13.1. The van der Waals surface area contributed by atoms with Gasteiger partial charge in [0, 0.05) is 11.9 Å². The maximum Gasteiger partial charge on any atom is 0.191 e. The number of thiophene rings is 1. The van der Waals surface area contributed by atoms with E-state index in [2.05, 4.69) is 27.1 Å². The van der Waals surface area contributed by atoms with E-state index >= 15 is 0 Å². The zero-order valence-corrected chi connectivity index (χ0v) is 17.0. The third kappa shape index (κ3) is 6.97. The molecular weight excluding hydrogens is 445 g/mol. The SMILES string of the molecule is CN=C(NCc1cccs1)NCC(C)Oc1ccccc1Cl.I. The number of aliphatic imine (C=N–C) groups is 1. The number of nitrogens with one attached hydrogen (secondary N) is 2.